The largest absolute Gasteiger partial charge is 0.368 e. The zero-order valence-electron chi connectivity index (χ0n) is 7.98. The first-order valence-electron chi connectivity index (χ1n) is 4.80. The molecule has 2 rings (SSSR count). The van der Waals surface area contributed by atoms with Gasteiger partial charge in [-0.15, -0.1) is 0 Å². The SMILES string of the molecule is N#Cc1ccc(N2CC=CCC2)cc1. The minimum atomic E-state index is 0.723. The first-order chi connectivity index (χ1) is 6.90. The third-order valence-corrected chi connectivity index (χ3v) is 2.42. The molecule has 0 aromatic heterocycles. The molecule has 0 saturated heterocycles. The average Bonchev–Trinajstić information content (AvgIpc) is 2.30. The van der Waals surface area contributed by atoms with E-state index in [1.54, 1.807) is 0 Å². The number of anilines is 1. The maximum absolute atomic E-state index is 8.66. The molecule has 1 aromatic rings. The van der Waals surface area contributed by atoms with E-state index in [-0.39, 0.29) is 0 Å². The van der Waals surface area contributed by atoms with Gasteiger partial charge in [-0.2, -0.15) is 5.26 Å². The second-order valence-corrected chi connectivity index (χ2v) is 3.36. The van der Waals surface area contributed by atoms with Crippen LogP contribution < -0.4 is 4.90 Å². The normalized spacial score (nSPS) is 15.2. The number of hydrogen-bond acceptors (Lipinski definition) is 2. The van der Waals surface area contributed by atoms with Gasteiger partial charge in [0.25, 0.3) is 0 Å². The van der Waals surface area contributed by atoms with Crippen LogP contribution in [0.3, 0.4) is 0 Å². The van der Waals surface area contributed by atoms with Crippen molar-refractivity contribution < 1.29 is 0 Å². The molecule has 1 aliphatic rings. The zero-order valence-corrected chi connectivity index (χ0v) is 7.98. The van der Waals surface area contributed by atoms with Crippen molar-refractivity contribution in [2.75, 3.05) is 18.0 Å². The van der Waals surface area contributed by atoms with E-state index in [9.17, 15) is 0 Å². The van der Waals surface area contributed by atoms with Crippen LogP contribution in [0, 0.1) is 11.3 Å². The molecule has 1 heterocycles. The molecule has 1 aliphatic heterocycles. The van der Waals surface area contributed by atoms with Crippen molar-refractivity contribution in [1.82, 2.24) is 0 Å². The number of hydrogen-bond donors (Lipinski definition) is 0. The van der Waals surface area contributed by atoms with Crippen LogP contribution >= 0.6 is 0 Å². The predicted octanol–water partition coefficient (Wildman–Crippen LogP) is 2.32. The highest BCUT2D eigenvalue weighted by atomic mass is 15.1. The Morgan fingerprint density at radius 2 is 1.93 bits per heavy atom. The Balaban J connectivity index is 2.17. The van der Waals surface area contributed by atoms with Gasteiger partial charge in [-0.1, -0.05) is 12.2 Å². The molecule has 14 heavy (non-hydrogen) atoms. The van der Waals surface area contributed by atoms with E-state index in [2.05, 4.69) is 23.1 Å². The van der Waals surface area contributed by atoms with Gasteiger partial charge < -0.3 is 4.90 Å². The summed E-state index contributed by atoms with van der Waals surface area (Å²) in [6, 6.07) is 9.89. The van der Waals surface area contributed by atoms with Crippen molar-refractivity contribution in [3.8, 4) is 6.07 Å². The Bertz CT molecular complexity index is 370. The van der Waals surface area contributed by atoms with Gasteiger partial charge in [0.2, 0.25) is 0 Å². The van der Waals surface area contributed by atoms with E-state index in [0.717, 1.165) is 25.1 Å². The van der Waals surface area contributed by atoms with Gasteiger partial charge in [0, 0.05) is 18.8 Å². The fourth-order valence-corrected chi connectivity index (χ4v) is 1.62. The van der Waals surface area contributed by atoms with Crippen LogP contribution in [-0.2, 0) is 0 Å². The smallest absolute Gasteiger partial charge is 0.0991 e. The lowest BCUT2D eigenvalue weighted by molar-refractivity contribution is 0.821. The number of benzene rings is 1. The maximum atomic E-state index is 8.66. The van der Waals surface area contributed by atoms with Crippen LogP contribution in [0.2, 0.25) is 0 Å². The number of nitriles is 1. The predicted molar refractivity (Wildman–Crippen MR) is 57.1 cm³/mol. The summed E-state index contributed by atoms with van der Waals surface area (Å²) in [5.41, 5.74) is 1.93. The third-order valence-electron chi connectivity index (χ3n) is 2.42. The summed E-state index contributed by atoms with van der Waals surface area (Å²) >= 11 is 0. The topological polar surface area (TPSA) is 27.0 Å². The van der Waals surface area contributed by atoms with Crippen molar-refractivity contribution in [3.63, 3.8) is 0 Å². The molecule has 0 atom stereocenters. The molecular formula is C12H12N2. The second kappa shape index (κ2) is 3.97. The molecule has 0 unspecified atom stereocenters. The lowest BCUT2D eigenvalue weighted by Gasteiger charge is -2.25. The minimum absolute atomic E-state index is 0.723. The fraction of sp³-hybridized carbons (Fsp3) is 0.250. The second-order valence-electron chi connectivity index (χ2n) is 3.36. The van der Waals surface area contributed by atoms with Gasteiger partial charge in [0.05, 0.1) is 11.6 Å². The molecule has 0 spiro atoms. The fourth-order valence-electron chi connectivity index (χ4n) is 1.62. The van der Waals surface area contributed by atoms with Crippen molar-refractivity contribution in [1.29, 1.82) is 5.26 Å². The molecule has 70 valence electrons. The van der Waals surface area contributed by atoms with Gasteiger partial charge in [-0.25, -0.2) is 0 Å². The lowest BCUT2D eigenvalue weighted by Crippen LogP contribution is -2.26. The molecule has 0 fully saturated rings. The standard InChI is InChI=1S/C12H12N2/c13-10-11-4-6-12(7-5-11)14-8-2-1-3-9-14/h1-2,4-7H,3,8-9H2. The molecule has 0 radical (unpaired) electrons. The first-order valence-corrected chi connectivity index (χ1v) is 4.80. The van der Waals surface area contributed by atoms with Gasteiger partial charge in [-0.3, -0.25) is 0 Å². The maximum Gasteiger partial charge on any atom is 0.0991 e. The molecular weight excluding hydrogens is 172 g/mol. The molecule has 0 bridgehead atoms. The summed E-state index contributed by atoms with van der Waals surface area (Å²) in [6.45, 7) is 2.05. The van der Waals surface area contributed by atoms with Crippen LogP contribution in [0.15, 0.2) is 36.4 Å². The highest BCUT2D eigenvalue weighted by Crippen LogP contribution is 2.17. The Kier molecular flexibility index (Phi) is 2.51. The first kappa shape index (κ1) is 8.83. The minimum Gasteiger partial charge on any atom is -0.368 e. The Morgan fingerprint density at radius 3 is 2.50 bits per heavy atom. The Morgan fingerprint density at radius 1 is 1.14 bits per heavy atom. The van der Waals surface area contributed by atoms with E-state index >= 15 is 0 Å². The lowest BCUT2D eigenvalue weighted by atomic mass is 10.2. The number of nitrogens with zero attached hydrogens (tertiary/aromatic N) is 2. The zero-order chi connectivity index (χ0) is 9.80. The molecule has 2 nitrogen and oxygen atoms in total. The third kappa shape index (κ3) is 1.77. The van der Waals surface area contributed by atoms with Crippen molar-refractivity contribution >= 4 is 5.69 Å². The monoisotopic (exact) mass is 184 g/mol. The summed E-state index contributed by atoms with van der Waals surface area (Å²) in [5, 5.41) is 8.66. The highest BCUT2D eigenvalue weighted by molar-refractivity contribution is 5.50. The summed E-state index contributed by atoms with van der Waals surface area (Å²) in [4.78, 5) is 2.31. The van der Waals surface area contributed by atoms with E-state index < -0.39 is 0 Å². The van der Waals surface area contributed by atoms with Crippen LogP contribution in [0.1, 0.15) is 12.0 Å². The Labute approximate surface area is 84.1 Å². The quantitative estimate of drug-likeness (QED) is 0.626. The summed E-state index contributed by atoms with van der Waals surface area (Å²) in [5.74, 6) is 0. The molecule has 1 aromatic carbocycles. The van der Waals surface area contributed by atoms with Crippen LogP contribution in [0.25, 0.3) is 0 Å². The number of rotatable bonds is 1. The van der Waals surface area contributed by atoms with Crippen LogP contribution in [0.5, 0.6) is 0 Å². The molecule has 0 aliphatic carbocycles. The van der Waals surface area contributed by atoms with Gasteiger partial charge in [0.1, 0.15) is 0 Å². The summed E-state index contributed by atoms with van der Waals surface area (Å²) < 4.78 is 0. The highest BCUT2D eigenvalue weighted by Gasteiger charge is 2.06. The van der Waals surface area contributed by atoms with E-state index in [1.807, 2.05) is 24.3 Å². The van der Waals surface area contributed by atoms with E-state index in [4.69, 9.17) is 5.26 Å². The van der Waals surface area contributed by atoms with Crippen molar-refractivity contribution in [3.05, 3.63) is 42.0 Å². The molecule has 0 amide bonds. The molecule has 0 N–H and O–H groups in total. The summed E-state index contributed by atoms with van der Waals surface area (Å²) in [7, 11) is 0. The molecule has 2 heteroatoms. The van der Waals surface area contributed by atoms with E-state index in [0.29, 0.717) is 0 Å². The molecule has 0 saturated carbocycles. The van der Waals surface area contributed by atoms with Crippen LogP contribution in [-0.4, -0.2) is 13.1 Å². The van der Waals surface area contributed by atoms with Crippen LogP contribution in [0.4, 0.5) is 5.69 Å². The van der Waals surface area contributed by atoms with Gasteiger partial charge >= 0.3 is 0 Å². The Hall–Kier alpha value is -1.75. The van der Waals surface area contributed by atoms with Crippen molar-refractivity contribution in [2.24, 2.45) is 0 Å². The average molecular weight is 184 g/mol. The van der Waals surface area contributed by atoms with Gasteiger partial charge in [-0.05, 0) is 30.7 Å². The summed E-state index contributed by atoms with van der Waals surface area (Å²) in [6.07, 6.45) is 5.50. The van der Waals surface area contributed by atoms with Gasteiger partial charge in [0.15, 0.2) is 0 Å². The van der Waals surface area contributed by atoms with E-state index in [1.165, 1.54) is 5.69 Å². The van der Waals surface area contributed by atoms with Crippen molar-refractivity contribution in [2.45, 2.75) is 6.42 Å².